The Bertz CT molecular complexity index is 1710. The van der Waals surface area contributed by atoms with Gasteiger partial charge in [-0.15, -0.1) is 0 Å². The SMILES string of the molecule is C[C@H](N(Cc1ccc(F)cc1)C(=O)CN1C(=O)O[C@@]2(CCc3cc(NC(=O)CCC(=O)NCCCCCC(=O)C4CCCC4)ccc32)C1=O)C(F)(F)F. The van der Waals surface area contributed by atoms with Crippen LogP contribution in [0.15, 0.2) is 42.5 Å². The average molecular weight is 745 g/mol. The average Bonchev–Trinajstić information content (AvgIpc) is 3.84. The Morgan fingerprint density at radius 2 is 1.66 bits per heavy atom. The van der Waals surface area contributed by atoms with E-state index in [1.165, 1.54) is 24.3 Å². The van der Waals surface area contributed by atoms with Gasteiger partial charge in [0, 0.05) is 55.9 Å². The highest BCUT2D eigenvalue weighted by Gasteiger charge is 2.58. The van der Waals surface area contributed by atoms with E-state index < -0.39 is 60.5 Å². The molecule has 2 aromatic rings. The highest BCUT2D eigenvalue weighted by Crippen LogP contribution is 2.46. The van der Waals surface area contributed by atoms with Gasteiger partial charge in [0.25, 0.3) is 5.91 Å². The Labute approximate surface area is 304 Å². The maximum absolute atomic E-state index is 13.7. The highest BCUT2D eigenvalue weighted by atomic mass is 19.4. The van der Waals surface area contributed by atoms with E-state index in [0.29, 0.717) is 45.4 Å². The molecule has 1 aliphatic heterocycles. The number of imide groups is 1. The molecule has 1 saturated heterocycles. The maximum Gasteiger partial charge on any atom is 0.418 e. The van der Waals surface area contributed by atoms with Crippen molar-refractivity contribution in [2.45, 2.75) is 108 Å². The van der Waals surface area contributed by atoms with Crippen LogP contribution in [-0.2, 0) is 47.3 Å². The number of hydrogen-bond donors (Lipinski definition) is 2. The molecule has 2 atom stereocenters. The molecule has 15 heteroatoms. The molecule has 2 aliphatic carbocycles. The number of ketones is 1. The number of alkyl halides is 3. The van der Waals surface area contributed by atoms with Gasteiger partial charge in [0.15, 0.2) is 0 Å². The second-order valence-corrected chi connectivity index (χ2v) is 14.0. The zero-order chi connectivity index (χ0) is 38.3. The monoisotopic (exact) mass is 744 g/mol. The predicted octanol–water partition coefficient (Wildman–Crippen LogP) is 6.08. The summed E-state index contributed by atoms with van der Waals surface area (Å²) in [6, 6.07) is 6.91. The number of nitrogens with one attached hydrogen (secondary N) is 2. The molecule has 2 fully saturated rings. The lowest BCUT2D eigenvalue weighted by Gasteiger charge is -2.31. The summed E-state index contributed by atoms with van der Waals surface area (Å²) in [5.74, 6) is -2.77. The van der Waals surface area contributed by atoms with Gasteiger partial charge in [0.1, 0.15) is 24.2 Å². The Morgan fingerprint density at radius 1 is 0.962 bits per heavy atom. The van der Waals surface area contributed by atoms with Crippen molar-refractivity contribution in [1.82, 2.24) is 15.1 Å². The van der Waals surface area contributed by atoms with Crippen molar-refractivity contribution in [3.63, 3.8) is 0 Å². The number of Topliss-reactive ketones (excluding diaryl/α,β-unsaturated/α-hetero) is 1. The minimum atomic E-state index is -4.83. The summed E-state index contributed by atoms with van der Waals surface area (Å²) in [5, 5.41) is 5.51. The van der Waals surface area contributed by atoms with Crippen molar-refractivity contribution < 1.29 is 51.1 Å². The third kappa shape index (κ3) is 9.60. The lowest BCUT2D eigenvalue weighted by molar-refractivity contribution is -0.187. The van der Waals surface area contributed by atoms with Crippen LogP contribution in [0.25, 0.3) is 0 Å². The van der Waals surface area contributed by atoms with E-state index in [1.54, 1.807) is 6.07 Å². The summed E-state index contributed by atoms with van der Waals surface area (Å²) in [4.78, 5) is 77.9. The third-order valence-electron chi connectivity index (χ3n) is 10.3. The van der Waals surface area contributed by atoms with Crippen molar-refractivity contribution in [2.24, 2.45) is 5.92 Å². The van der Waals surface area contributed by atoms with Crippen LogP contribution in [0.4, 0.5) is 28.0 Å². The minimum Gasteiger partial charge on any atom is -0.427 e. The van der Waals surface area contributed by atoms with Crippen molar-refractivity contribution in [3.05, 3.63) is 65.0 Å². The molecule has 1 spiro atoms. The lowest BCUT2D eigenvalue weighted by atomic mass is 9.94. The number of unbranched alkanes of at least 4 members (excludes halogenated alkanes) is 2. The van der Waals surface area contributed by atoms with E-state index in [4.69, 9.17) is 4.74 Å². The van der Waals surface area contributed by atoms with Crippen molar-refractivity contribution in [3.8, 4) is 0 Å². The summed E-state index contributed by atoms with van der Waals surface area (Å²) in [5.41, 5.74) is -0.263. The van der Waals surface area contributed by atoms with Crippen molar-refractivity contribution in [2.75, 3.05) is 18.4 Å². The number of carbonyl (C=O) groups excluding carboxylic acids is 6. The number of nitrogens with zero attached hydrogens (tertiary/aromatic N) is 2. The normalized spacial score (nSPS) is 18.9. The van der Waals surface area contributed by atoms with Crippen LogP contribution in [0.1, 0.15) is 94.2 Å². The molecule has 1 heterocycles. The Kier molecular flexibility index (Phi) is 12.6. The van der Waals surface area contributed by atoms with Gasteiger partial charge in [-0.2, -0.15) is 13.2 Å². The number of ether oxygens (including phenoxy) is 1. The molecule has 0 aromatic heterocycles. The molecular weight excluding hydrogens is 700 g/mol. The molecule has 2 N–H and O–H groups in total. The van der Waals surface area contributed by atoms with E-state index in [0.717, 1.165) is 64.0 Å². The molecule has 0 radical (unpaired) electrons. The quantitative estimate of drug-likeness (QED) is 0.157. The zero-order valence-corrected chi connectivity index (χ0v) is 29.6. The third-order valence-corrected chi connectivity index (χ3v) is 10.3. The van der Waals surface area contributed by atoms with Crippen LogP contribution in [0, 0.1) is 11.7 Å². The van der Waals surface area contributed by atoms with Crippen LogP contribution in [0.2, 0.25) is 0 Å². The number of amides is 5. The Morgan fingerprint density at radius 3 is 2.36 bits per heavy atom. The van der Waals surface area contributed by atoms with Gasteiger partial charge in [-0.3, -0.25) is 24.0 Å². The van der Waals surface area contributed by atoms with Crippen LogP contribution in [0.5, 0.6) is 0 Å². The smallest absolute Gasteiger partial charge is 0.418 e. The molecule has 0 bridgehead atoms. The van der Waals surface area contributed by atoms with Crippen LogP contribution in [0.3, 0.4) is 0 Å². The minimum absolute atomic E-state index is 0.0181. The van der Waals surface area contributed by atoms with Gasteiger partial charge in [0.05, 0.1) is 0 Å². The van der Waals surface area contributed by atoms with Gasteiger partial charge in [-0.05, 0) is 74.4 Å². The molecule has 3 aliphatic rings. The molecular formula is C38H44F4N4O7. The number of rotatable bonds is 16. The van der Waals surface area contributed by atoms with E-state index in [9.17, 15) is 46.3 Å². The maximum atomic E-state index is 13.7. The van der Waals surface area contributed by atoms with E-state index in [2.05, 4.69) is 10.6 Å². The summed E-state index contributed by atoms with van der Waals surface area (Å²) in [6.45, 7) is -0.314. The van der Waals surface area contributed by atoms with Gasteiger partial charge in [0.2, 0.25) is 23.3 Å². The zero-order valence-electron chi connectivity index (χ0n) is 29.6. The van der Waals surface area contributed by atoms with Gasteiger partial charge < -0.3 is 20.3 Å². The molecule has 53 heavy (non-hydrogen) atoms. The second kappa shape index (κ2) is 16.9. The second-order valence-electron chi connectivity index (χ2n) is 14.0. The Hall–Kier alpha value is -4.82. The standard InChI is InChI=1S/C38H44F4N4O7/c1-24(38(40,41)42)45(22-25-10-12-28(39)13-11-25)34(50)23-46-35(51)37(53-36(46)52)19-18-27-21-29(14-15-30(27)37)44-33(49)17-16-32(48)43-20-6-2-3-9-31(47)26-7-4-5-8-26/h10-15,21,24,26H,2-9,16-20,22-23H2,1H3,(H,43,48)(H,44,49)/t24-,37+/m0/s1. The lowest BCUT2D eigenvalue weighted by Crippen LogP contribution is -2.51. The fraction of sp³-hybridized carbons (Fsp3) is 0.526. The topological polar surface area (TPSA) is 142 Å². The molecule has 5 rings (SSSR count). The van der Waals surface area contributed by atoms with Crippen LogP contribution in [-0.4, -0.2) is 70.6 Å². The number of halogens is 4. The number of aryl methyl sites for hydroxylation is 1. The highest BCUT2D eigenvalue weighted by molar-refractivity contribution is 6.06. The number of anilines is 1. The largest absolute Gasteiger partial charge is 0.427 e. The van der Waals surface area contributed by atoms with Gasteiger partial charge >= 0.3 is 12.3 Å². The van der Waals surface area contributed by atoms with Gasteiger partial charge in [-0.1, -0.05) is 37.5 Å². The summed E-state index contributed by atoms with van der Waals surface area (Å²) >= 11 is 0. The van der Waals surface area contributed by atoms with Gasteiger partial charge in [-0.25, -0.2) is 14.1 Å². The number of benzene rings is 2. The van der Waals surface area contributed by atoms with Crippen LogP contribution < -0.4 is 10.6 Å². The number of hydrogen-bond acceptors (Lipinski definition) is 7. The van der Waals surface area contributed by atoms with Crippen molar-refractivity contribution >= 4 is 41.2 Å². The molecule has 5 amide bonds. The summed E-state index contributed by atoms with van der Waals surface area (Å²) in [7, 11) is 0. The Balaban J connectivity index is 1.11. The van der Waals surface area contributed by atoms with E-state index in [-0.39, 0.29) is 43.1 Å². The predicted molar refractivity (Wildman–Crippen MR) is 183 cm³/mol. The first-order valence-corrected chi connectivity index (χ1v) is 18.1. The van der Waals surface area contributed by atoms with E-state index >= 15 is 0 Å². The molecule has 2 aromatic carbocycles. The molecule has 11 nitrogen and oxygen atoms in total. The summed E-state index contributed by atoms with van der Waals surface area (Å²) in [6.07, 6.45) is 1.39. The molecule has 1 saturated carbocycles. The fourth-order valence-corrected chi connectivity index (χ4v) is 7.18. The molecule has 0 unspecified atom stereocenters. The number of carbonyl (C=O) groups is 6. The van der Waals surface area contributed by atoms with Crippen LogP contribution >= 0.6 is 0 Å². The van der Waals surface area contributed by atoms with Crippen molar-refractivity contribution in [1.29, 1.82) is 0 Å². The number of fused-ring (bicyclic) bond motifs is 2. The molecule has 286 valence electrons. The first-order chi connectivity index (χ1) is 25.2. The summed E-state index contributed by atoms with van der Waals surface area (Å²) < 4.78 is 60.1. The first kappa shape index (κ1) is 39.4. The van der Waals surface area contributed by atoms with E-state index in [1.807, 2.05) is 0 Å². The fourth-order valence-electron chi connectivity index (χ4n) is 7.18. The first-order valence-electron chi connectivity index (χ1n) is 18.1.